The molecule has 0 aliphatic carbocycles. The van der Waals surface area contributed by atoms with E-state index in [0.29, 0.717) is 0 Å². The molecule has 4 nitrogen and oxygen atoms in total. The van der Waals surface area contributed by atoms with Gasteiger partial charge in [0.1, 0.15) is 17.9 Å². The van der Waals surface area contributed by atoms with Gasteiger partial charge in [-0.3, -0.25) is 4.79 Å². The number of nitrogens with two attached hydrogens (primary N) is 1. The molecule has 1 aromatic rings. The molecule has 0 aliphatic rings. The molecule has 0 aliphatic heterocycles. The van der Waals surface area contributed by atoms with Crippen LogP contribution < -0.4 is 15.8 Å². The summed E-state index contributed by atoms with van der Waals surface area (Å²) in [4.78, 5) is 11.3. The third-order valence-electron chi connectivity index (χ3n) is 2.93. The van der Waals surface area contributed by atoms with E-state index in [1.807, 2.05) is 24.3 Å². The van der Waals surface area contributed by atoms with E-state index in [0.717, 1.165) is 12.2 Å². The predicted molar refractivity (Wildman–Crippen MR) is 68.0 cm³/mol. The highest BCUT2D eigenvalue weighted by Gasteiger charge is 2.29. The number of hydrogen-bond donors (Lipinski definition) is 2. The SMILES string of the molecule is CCc1cccc(OCC(C)(NC)C(N)=O)c1. The van der Waals surface area contributed by atoms with Crippen LogP contribution in [0.1, 0.15) is 19.4 Å². The molecule has 1 atom stereocenters. The number of benzene rings is 1. The number of hydrogen-bond acceptors (Lipinski definition) is 3. The summed E-state index contributed by atoms with van der Waals surface area (Å²) in [6, 6.07) is 7.82. The summed E-state index contributed by atoms with van der Waals surface area (Å²) in [5, 5.41) is 2.88. The Bertz CT molecular complexity index is 393. The molecular weight excluding hydrogens is 216 g/mol. The van der Waals surface area contributed by atoms with E-state index in [2.05, 4.69) is 12.2 Å². The van der Waals surface area contributed by atoms with Gasteiger partial charge in [0.2, 0.25) is 5.91 Å². The molecule has 0 fully saturated rings. The highest BCUT2D eigenvalue weighted by molar-refractivity contribution is 5.84. The zero-order chi connectivity index (χ0) is 12.9. The Labute approximate surface area is 102 Å². The van der Waals surface area contributed by atoms with Crippen molar-refractivity contribution in [2.75, 3.05) is 13.7 Å². The maximum absolute atomic E-state index is 11.3. The summed E-state index contributed by atoms with van der Waals surface area (Å²) in [6.45, 7) is 4.02. The van der Waals surface area contributed by atoms with Crippen molar-refractivity contribution >= 4 is 5.91 Å². The molecule has 0 saturated heterocycles. The van der Waals surface area contributed by atoms with Crippen molar-refractivity contribution in [1.82, 2.24) is 5.32 Å². The van der Waals surface area contributed by atoms with Crippen molar-refractivity contribution in [3.63, 3.8) is 0 Å². The number of rotatable bonds is 6. The second kappa shape index (κ2) is 5.68. The van der Waals surface area contributed by atoms with Crippen LogP contribution in [0.2, 0.25) is 0 Å². The number of carbonyl (C=O) groups excluding carboxylic acids is 1. The van der Waals surface area contributed by atoms with Crippen LogP contribution in [0.15, 0.2) is 24.3 Å². The van der Waals surface area contributed by atoms with E-state index >= 15 is 0 Å². The number of primary amides is 1. The lowest BCUT2D eigenvalue weighted by molar-refractivity contribution is -0.124. The van der Waals surface area contributed by atoms with E-state index in [9.17, 15) is 4.79 Å². The minimum absolute atomic E-state index is 0.214. The summed E-state index contributed by atoms with van der Waals surface area (Å²) in [5.41, 5.74) is 5.68. The molecule has 1 amide bonds. The smallest absolute Gasteiger partial charge is 0.240 e. The van der Waals surface area contributed by atoms with Gasteiger partial charge in [0.25, 0.3) is 0 Å². The lowest BCUT2D eigenvalue weighted by Crippen LogP contribution is -2.55. The zero-order valence-corrected chi connectivity index (χ0v) is 10.6. The highest BCUT2D eigenvalue weighted by atomic mass is 16.5. The molecule has 94 valence electrons. The van der Waals surface area contributed by atoms with Crippen LogP contribution in [0.5, 0.6) is 5.75 Å². The summed E-state index contributed by atoms with van der Waals surface area (Å²) in [7, 11) is 1.69. The molecule has 0 bridgehead atoms. The molecule has 1 unspecified atom stereocenters. The fraction of sp³-hybridized carbons (Fsp3) is 0.462. The van der Waals surface area contributed by atoms with Gasteiger partial charge in [-0.1, -0.05) is 19.1 Å². The average molecular weight is 236 g/mol. The Balaban J connectivity index is 2.69. The van der Waals surface area contributed by atoms with Gasteiger partial charge in [0, 0.05) is 0 Å². The van der Waals surface area contributed by atoms with Crippen molar-refractivity contribution in [3.05, 3.63) is 29.8 Å². The second-order valence-corrected chi connectivity index (χ2v) is 4.24. The third kappa shape index (κ3) is 3.46. The molecular formula is C13H20N2O2. The Morgan fingerprint density at radius 1 is 1.53 bits per heavy atom. The molecule has 4 heteroatoms. The minimum Gasteiger partial charge on any atom is -0.491 e. The first-order valence-corrected chi connectivity index (χ1v) is 5.72. The Morgan fingerprint density at radius 3 is 2.76 bits per heavy atom. The van der Waals surface area contributed by atoms with Crippen LogP contribution in [-0.4, -0.2) is 25.1 Å². The fourth-order valence-electron chi connectivity index (χ4n) is 1.35. The number of aryl methyl sites for hydroxylation is 1. The van der Waals surface area contributed by atoms with Gasteiger partial charge in [0.05, 0.1) is 0 Å². The molecule has 1 rings (SSSR count). The monoisotopic (exact) mass is 236 g/mol. The lowest BCUT2D eigenvalue weighted by atomic mass is 10.0. The van der Waals surface area contributed by atoms with Crippen LogP contribution in [0, 0.1) is 0 Å². The van der Waals surface area contributed by atoms with Gasteiger partial charge in [-0.2, -0.15) is 0 Å². The van der Waals surface area contributed by atoms with Crippen molar-refractivity contribution in [3.8, 4) is 5.75 Å². The first-order chi connectivity index (χ1) is 8.01. The number of carbonyl (C=O) groups is 1. The number of amides is 1. The third-order valence-corrected chi connectivity index (χ3v) is 2.93. The summed E-state index contributed by atoms with van der Waals surface area (Å²) >= 11 is 0. The zero-order valence-electron chi connectivity index (χ0n) is 10.6. The van der Waals surface area contributed by atoms with Gasteiger partial charge in [-0.15, -0.1) is 0 Å². The molecule has 0 heterocycles. The van der Waals surface area contributed by atoms with Crippen molar-refractivity contribution in [1.29, 1.82) is 0 Å². The van der Waals surface area contributed by atoms with Crippen molar-refractivity contribution in [2.24, 2.45) is 5.73 Å². The first-order valence-electron chi connectivity index (χ1n) is 5.72. The van der Waals surface area contributed by atoms with E-state index in [-0.39, 0.29) is 6.61 Å². The van der Waals surface area contributed by atoms with Gasteiger partial charge < -0.3 is 15.8 Å². The summed E-state index contributed by atoms with van der Waals surface area (Å²) in [6.07, 6.45) is 0.955. The van der Waals surface area contributed by atoms with E-state index in [1.165, 1.54) is 5.56 Å². The van der Waals surface area contributed by atoms with Crippen LogP contribution >= 0.6 is 0 Å². The lowest BCUT2D eigenvalue weighted by Gasteiger charge is -2.25. The molecule has 3 N–H and O–H groups in total. The number of likely N-dealkylation sites (N-methyl/N-ethyl adjacent to an activating group) is 1. The minimum atomic E-state index is -0.845. The normalized spacial score (nSPS) is 14.1. The largest absolute Gasteiger partial charge is 0.491 e. The van der Waals surface area contributed by atoms with E-state index in [4.69, 9.17) is 10.5 Å². The molecule has 0 radical (unpaired) electrons. The van der Waals surface area contributed by atoms with Gasteiger partial charge in [0.15, 0.2) is 0 Å². The van der Waals surface area contributed by atoms with Crippen molar-refractivity contribution < 1.29 is 9.53 Å². The van der Waals surface area contributed by atoms with Crippen molar-refractivity contribution in [2.45, 2.75) is 25.8 Å². The highest BCUT2D eigenvalue weighted by Crippen LogP contribution is 2.15. The molecule has 0 saturated carbocycles. The molecule has 1 aromatic carbocycles. The standard InChI is InChI=1S/C13H20N2O2/c1-4-10-6-5-7-11(8-10)17-9-13(2,15-3)12(14)16/h5-8,15H,4,9H2,1-3H3,(H2,14,16). The molecule has 0 spiro atoms. The number of nitrogens with one attached hydrogen (secondary N) is 1. The fourth-order valence-corrected chi connectivity index (χ4v) is 1.35. The van der Waals surface area contributed by atoms with Crippen LogP contribution in [-0.2, 0) is 11.2 Å². The van der Waals surface area contributed by atoms with Crippen LogP contribution in [0.3, 0.4) is 0 Å². The summed E-state index contributed by atoms with van der Waals surface area (Å²) in [5.74, 6) is 0.332. The maximum atomic E-state index is 11.3. The van der Waals surface area contributed by atoms with E-state index < -0.39 is 11.4 Å². The molecule has 17 heavy (non-hydrogen) atoms. The van der Waals surface area contributed by atoms with Crippen LogP contribution in [0.4, 0.5) is 0 Å². The Hall–Kier alpha value is -1.55. The average Bonchev–Trinajstić information content (AvgIpc) is 2.36. The predicted octanol–water partition coefficient (Wildman–Crippen LogP) is 1.09. The van der Waals surface area contributed by atoms with E-state index in [1.54, 1.807) is 14.0 Å². The number of ether oxygens (including phenoxy) is 1. The van der Waals surface area contributed by atoms with Gasteiger partial charge in [-0.05, 0) is 38.1 Å². The quantitative estimate of drug-likeness (QED) is 0.777. The first kappa shape index (κ1) is 13.5. The topological polar surface area (TPSA) is 64.3 Å². The summed E-state index contributed by atoms with van der Waals surface area (Å²) < 4.78 is 5.60. The van der Waals surface area contributed by atoms with Gasteiger partial charge >= 0.3 is 0 Å². The second-order valence-electron chi connectivity index (χ2n) is 4.24. The van der Waals surface area contributed by atoms with Crippen LogP contribution in [0.25, 0.3) is 0 Å². The maximum Gasteiger partial charge on any atom is 0.240 e. The molecule has 0 aromatic heterocycles. The Kier molecular flexibility index (Phi) is 4.52. The van der Waals surface area contributed by atoms with Gasteiger partial charge in [-0.25, -0.2) is 0 Å². The Morgan fingerprint density at radius 2 is 2.24 bits per heavy atom.